The van der Waals surface area contributed by atoms with Crippen molar-refractivity contribution in [3.63, 3.8) is 0 Å². The highest BCUT2D eigenvalue weighted by Gasteiger charge is 2.51. The zero-order valence-corrected chi connectivity index (χ0v) is 19.7. The average molecular weight is 527 g/mol. The molecule has 0 bridgehead atoms. The van der Waals surface area contributed by atoms with Gasteiger partial charge < -0.3 is 20.4 Å². The number of amides is 4. The third-order valence-corrected chi connectivity index (χ3v) is 6.52. The number of anilines is 3. The molecule has 0 spiro atoms. The topological polar surface area (TPSA) is 81.8 Å². The highest BCUT2D eigenvalue weighted by atomic mass is 35.5. The van der Waals surface area contributed by atoms with E-state index in [-0.39, 0.29) is 17.3 Å². The first-order valence-electron chi connectivity index (χ1n) is 11.3. The highest BCUT2D eigenvalue weighted by Crippen LogP contribution is 2.37. The lowest BCUT2D eigenvalue weighted by Gasteiger charge is -2.27. The molecule has 0 aromatic heterocycles. The number of urea groups is 1. The smallest absolute Gasteiger partial charge is 0.322 e. The Hall–Kier alpha value is -3.34. The zero-order chi connectivity index (χ0) is 26.0. The Morgan fingerprint density at radius 3 is 2.39 bits per heavy atom. The number of carbonyl (C=O) groups excluding carboxylic acids is 3. The Bertz CT molecular complexity index is 1160. The Balaban J connectivity index is 1.50. The first-order chi connectivity index (χ1) is 17.0. The van der Waals surface area contributed by atoms with Gasteiger partial charge in [0.1, 0.15) is 11.9 Å². The summed E-state index contributed by atoms with van der Waals surface area (Å²) in [5, 5.41) is 5.16. The Morgan fingerprint density at radius 2 is 1.75 bits per heavy atom. The number of benzene rings is 2. The molecule has 0 radical (unpaired) electrons. The maximum atomic E-state index is 14.8. The van der Waals surface area contributed by atoms with Crippen molar-refractivity contribution >= 4 is 46.5 Å². The van der Waals surface area contributed by atoms with E-state index in [1.54, 1.807) is 0 Å². The van der Waals surface area contributed by atoms with Crippen LogP contribution in [0.25, 0.3) is 0 Å². The summed E-state index contributed by atoms with van der Waals surface area (Å²) in [5.74, 6) is -3.85. The molecule has 2 aromatic carbocycles. The summed E-state index contributed by atoms with van der Waals surface area (Å²) in [6, 6.07) is 7.35. The lowest BCUT2D eigenvalue weighted by molar-refractivity contribution is -0.170. The van der Waals surface area contributed by atoms with E-state index in [9.17, 15) is 31.9 Å². The fourth-order valence-electron chi connectivity index (χ4n) is 4.34. The van der Waals surface area contributed by atoms with Gasteiger partial charge in [0.25, 0.3) is 0 Å². The maximum absolute atomic E-state index is 14.8. The molecular formula is C24H23ClF4N4O3. The number of hydrogen-bond acceptors (Lipinski definition) is 3. The number of halogens is 5. The van der Waals surface area contributed by atoms with Crippen LogP contribution in [0.4, 0.5) is 39.4 Å². The summed E-state index contributed by atoms with van der Waals surface area (Å²) < 4.78 is 55.1. The van der Waals surface area contributed by atoms with E-state index >= 15 is 0 Å². The van der Waals surface area contributed by atoms with Crippen LogP contribution in [0.15, 0.2) is 42.5 Å². The predicted molar refractivity (Wildman–Crippen MR) is 126 cm³/mol. The van der Waals surface area contributed by atoms with Crippen LogP contribution < -0.4 is 15.5 Å². The fraction of sp³-hybridized carbons (Fsp3) is 0.375. The van der Waals surface area contributed by atoms with E-state index in [1.165, 1.54) is 41.3 Å². The van der Waals surface area contributed by atoms with Crippen molar-refractivity contribution in [2.24, 2.45) is 5.92 Å². The molecule has 2 aliphatic rings. The summed E-state index contributed by atoms with van der Waals surface area (Å²) >= 11 is 5.81. The van der Waals surface area contributed by atoms with E-state index in [1.807, 2.05) is 0 Å². The van der Waals surface area contributed by atoms with Crippen LogP contribution in [0.5, 0.6) is 0 Å². The number of rotatable bonds is 4. The molecule has 36 heavy (non-hydrogen) atoms. The van der Waals surface area contributed by atoms with Gasteiger partial charge in [-0.05, 0) is 61.7 Å². The van der Waals surface area contributed by atoms with Gasteiger partial charge in [-0.15, -0.1) is 0 Å². The minimum Gasteiger partial charge on any atom is -0.322 e. The van der Waals surface area contributed by atoms with Crippen molar-refractivity contribution in [2.45, 2.75) is 37.9 Å². The number of nitrogens with one attached hydrogen (secondary N) is 2. The van der Waals surface area contributed by atoms with Gasteiger partial charge >= 0.3 is 12.2 Å². The summed E-state index contributed by atoms with van der Waals surface area (Å²) in [6.07, 6.45) is -3.39. The Labute approximate surface area is 209 Å². The van der Waals surface area contributed by atoms with Gasteiger partial charge in [0.15, 0.2) is 0 Å². The quantitative estimate of drug-likeness (QED) is 0.522. The second kappa shape index (κ2) is 10.3. The van der Waals surface area contributed by atoms with E-state index in [2.05, 4.69) is 10.6 Å². The van der Waals surface area contributed by atoms with E-state index in [0.29, 0.717) is 23.7 Å². The third-order valence-electron chi connectivity index (χ3n) is 6.27. The molecule has 2 fully saturated rings. The molecule has 2 aromatic rings. The molecule has 12 heteroatoms. The van der Waals surface area contributed by atoms with Crippen LogP contribution in [0.3, 0.4) is 0 Å². The van der Waals surface area contributed by atoms with Gasteiger partial charge in [0.2, 0.25) is 11.8 Å². The zero-order valence-electron chi connectivity index (χ0n) is 18.9. The summed E-state index contributed by atoms with van der Waals surface area (Å²) in [4.78, 5) is 40.1. The number of carbonyl (C=O) groups is 3. The molecule has 2 N–H and O–H groups in total. The van der Waals surface area contributed by atoms with Gasteiger partial charge in [-0.25, -0.2) is 9.18 Å². The highest BCUT2D eigenvalue weighted by molar-refractivity contribution is 6.30. The fourth-order valence-corrected chi connectivity index (χ4v) is 4.47. The first-order valence-corrected chi connectivity index (χ1v) is 11.7. The second-order valence-electron chi connectivity index (χ2n) is 8.74. The lowest BCUT2D eigenvalue weighted by atomic mass is 10.0. The van der Waals surface area contributed by atoms with E-state index in [0.717, 1.165) is 23.8 Å². The van der Waals surface area contributed by atoms with Gasteiger partial charge in [-0.2, -0.15) is 13.2 Å². The van der Waals surface area contributed by atoms with Crippen LogP contribution in [-0.2, 0) is 9.59 Å². The first kappa shape index (κ1) is 25.7. The number of piperidine rings is 1. The molecule has 4 amide bonds. The van der Waals surface area contributed by atoms with Crippen LogP contribution >= 0.6 is 11.6 Å². The van der Waals surface area contributed by atoms with Crippen LogP contribution in [0.2, 0.25) is 5.02 Å². The van der Waals surface area contributed by atoms with Gasteiger partial charge in [0, 0.05) is 35.9 Å². The monoisotopic (exact) mass is 526 g/mol. The molecule has 2 aliphatic heterocycles. The maximum Gasteiger partial charge on any atom is 0.393 e. The summed E-state index contributed by atoms with van der Waals surface area (Å²) in [5.41, 5.74) is 0.354. The minimum absolute atomic E-state index is 0.135. The SMILES string of the molecule is O=C(Nc1ccc(N2CCCCC2=O)cc1F)[C@H]1C[C@@H](C(F)(F)F)CN1C(=O)Nc1ccc(Cl)cc1. The van der Waals surface area contributed by atoms with Crippen molar-refractivity contribution < 1.29 is 31.9 Å². The second-order valence-corrected chi connectivity index (χ2v) is 9.17. The van der Waals surface area contributed by atoms with Gasteiger partial charge in [-0.1, -0.05) is 11.6 Å². The van der Waals surface area contributed by atoms with E-state index in [4.69, 9.17) is 11.6 Å². The van der Waals surface area contributed by atoms with Crippen molar-refractivity contribution in [3.8, 4) is 0 Å². The minimum atomic E-state index is -4.62. The largest absolute Gasteiger partial charge is 0.393 e. The van der Waals surface area contributed by atoms with Gasteiger partial charge in [-0.3, -0.25) is 9.59 Å². The standard InChI is InChI=1S/C24H23ClF4N4O3/c25-15-4-6-16(7-5-15)30-23(36)33-13-14(24(27,28)29)11-20(33)22(35)31-19-9-8-17(12-18(19)26)32-10-2-1-3-21(32)34/h4-9,12,14,20H,1-3,10-11,13H2,(H,30,36)(H,31,35)/t14-,20-/m1/s1. The Kier molecular flexibility index (Phi) is 7.39. The molecule has 2 heterocycles. The predicted octanol–water partition coefficient (Wildman–Crippen LogP) is 5.42. The molecular weight excluding hydrogens is 504 g/mol. The van der Waals surface area contributed by atoms with E-state index < -0.39 is 48.9 Å². The number of hydrogen-bond donors (Lipinski definition) is 2. The molecule has 192 valence electrons. The normalized spacial score (nSPS) is 20.4. The summed E-state index contributed by atoms with van der Waals surface area (Å²) in [6.45, 7) is -0.276. The molecule has 2 atom stereocenters. The molecule has 0 saturated carbocycles. The van der Waals surface area contributed by atoms with Crippen LogP contribution in [0, 0.1) is 11.7 Å². The van der Waals surface area contributed by atoms with Gasteiger partial charge in [0.05, 0.1) is 11.6 Å². The number of alkyl halides is 3. The molecule has 2 saturated heterocycles. The van der Waals surface area contributed by atoms with Crippen LogP contribution in [0.1, 0.15) is 25.7 Å². The van der Waals surface area contributed by atoms with Crippen molar-refractivity contribution in [1.29, 1.82) is 0 Å². The number of nitrogens with zero attached hydrogens (tertiary/aromatic N) is 2. The lowest BCUT2D eigenvalue weighted by Crippen LogP contribution is -2.45. The Morgan fingerprint density at radius 1 is 1.03 bits per heavy atom. The molecule has 0 unspecified atom stereocenters. The summed E-state index contributed by atoms with van der Waals surface area (Å²) in [7, 11) is 0. The van der Waals surface area contributed by atoms with Crippen molar-refractivity contribution in [3.05, 3.63) is 53.3 Å². The number of likely N-dealkylation sites (tertiary alicyclic amines) is 1. The molecule has 4 rings (SSSR count). The van der Waals surface area contributed by atoms with Crippen LogP contribution in [-0.4, -0.2) is 48.1 Å². The van der Waals surface area contributed by atoms with Crippen molar-refractivity contribution in [1.82, 2.24) is 4.90 Å². The average Bonchev–Trinajstić information content (AvgIpc) is 3.29. The molecule has 7 nitrogen and oxygen atoms in total. The third kappa shape index (κ3) is 5.72. The van der Waals surface area contributed by atoms with Crippen molar-refractivity contribution in [2.75, 3.05) is 28.6 Å². The molecule has 0 aliphatic carbocycles.